The number of aryl methyl sites for hydroxylation is 1. The Morgan fingerprint density at radius 2 is 2.06 bits per heavy atom. The second-order valence-corrected chi connectivity index (χ2v) is 4.31. The van der Waals surface area contributed by atoms with E-state index in [1.165, 1.54) is 5.56 Å². The van der Waals surface area contributed by atoms with Crippen molar-refractivity contribution in [3.05, 3.63) is 29.8 Å². The van der Waals surface area contributed by atoms with E-state index in [0.717, 1.165) is 18.5 Å². The van der Waals surface area contributed by atoms with Gasteiger partial charge in [-0.25, -0.2) is 14.8 Å². The maximum absolute atomic E-state index is 10.3. The van der Waals surface area contributed by atoms with E-state index in [9.17, 15) is 4.21 Å². The first-order valence-electron chi connectivity index (χ1n) is 5.01. The molecular formula is C10H17N3O2S. The summed E-state index contributed by atoms with van der Waals surface area (Å²) in [7, 11) is 1.79. The molecule has 1 rings (SSSR count). The normalized spacial score (nSPS) is 12.4. The zero-order valence-electron chi connectivity index (χ0n) is 9.22. The number of anilines is 1. The number of hydrogen-bond donors (Lipinski definition) is 3. The van der Waals surface area contributed by atoms with Crippen LogP contribution in [0.2, 0.25) is 0 Å². The maximum atomic E-state index is 10.3. The predicted molar refractivity (Wildman–Crippen MR) is 66.1 cm³/mol. The summed E-state index contributed by atoms with van der Waals surface area (Å²) >= 11 is -1.91. The summed E-state index contributed by atoms with van der Waals surface area (Å²) in [6.45, 7) is 0.529. The zero-order chi connectivity index (χ0) is 12.0. The van der Waals surface area contributed by atoms with Gasteiger partial charge in [0.25, 0.3) is 0 Å². The van der Waals surface area contributed by atoms with E-state index in [1.807, 2.05) is 24.3 Å². The number of rotatable bonds is 6. The largest absolute Gasteiger partial charge is 0.314 e. The van der Waals surface area contributed by atoms with E-state index in [0.29, 0.717) is 6.54 Å². The van der Waals surface area contributed by atoms with Crippen LogP contribution in [0.15, 0.2) is 24.3 Å². The first kappa shape index (κ1) is 13.1. The van der Waals surface area contributed by atoms with E-state index < -0.39 is 11.3 Å². The second-order valence-electron chi connectivity index (χ2n) is 3.52. The molecule has 0 saturated carbocycles. The van der Waals surface area contributed by atoms with Gasteiger partial charge in [0.15, 0.2) is 0 Å². The van der Waals surface area contributed by atoms with Gasteiger partial charge in [-0.1, -0.05) is 12.1 Å². The average Bonchev–Trinajstić information content (AvgIpc) is 2.25. The van der Waals surface area contributed by atoms with Crippen LogP contribution in [-0.2, 0) is 17.7 Å². The summed E-state index contributed by atoms with van der Waals surface area (Å²) in [6, 6.07) is 7.92. The molecule has 16 heavy (non-hydrogen) atoms. The van der Waals surface area contributed by atoms with Crippen LogP contribution in [-0.4, -0.2) is 22.4 Å². The fourth-order valence-electron chi connectivity index (χ4n) is 1.35. The molecule has 1 aromatic rings. The van der Waals surface area contributed by atoms with Crippen LogP contribution >= 0.6 is 0 Å². The highest BCUT2D eigenvalue weighted by Crippen LogP contribution is 2.12. The average molecular weight is 243 g/mol. The first-order chi connectivity index (χ1) is 7.59. The van der Waals surface area contributed by atoms with Crippen LogP contribution < -0.4 is 15.6 Å². The smallest absolute Gasteiger partial charge is 0.231 e. The summed E-state index contributed by atoms with van der Waals surface area (Å²) in [5.74, 6) is 5.58. The Morgan fingerprint density at radius 1 is 1.44 bits per heavy atom. The molecule has 1 aromatic carbocycles. The molecule has 0 saturated heterocycles. The monoisotopic (exact) mass is 243 g/mol. The van der Waals surface area contributed by atoms with E-state index in [4.69, 9.17) is 10.4 Å². The van der Waals surface area contributed by atoms with Crippen LogP contribution in [0.3, 0.4) is 0 Å². The second kappa shape index (κ2) is 6.59. The highest BCUT2D eigenvalue weighted by molar-refractivity contribution is 7.77. The predicted octanol–water partition coefficient (Wildman–Crippen LogP) is 0.655. The molecule has 0 fully saturated rings. The fourth-order valence-corrected chi connectivity index (χ4v) is 1.67. The molecule has 0 heterocycles. The van der Waals surface area contributed by atoms with E-state index in [-0.39, 0.29) is 0 Å². The molecule has 0 bridgehead atoms. The standard InChI is InChI=1S/C10H17N3O2S/c1-13(11)10-6-4-9(5-7-10)3-2-8-12-16(14)15/h4-7,12H,2-3,8,11H2,1H3,(H,14,15). The van der Waals surface area contributed by atoms with Gasteiger partial charge in [0.05, 0.1) is 5.69 Å². The van der Waals surface area contributed by atoms with Crippen LogP contribution in [0.5, 0.6) is 0 Å². The van der Waals surface area contributed by atoms with Crippen molar-refractivity contribution in [3.63, 3.8) is 0 Å². The van der Waals surface area contributed by atoms with Crippen LogP contribution in [0.25, 0.3) is 0 Å². The number of hydrogen-bond acceptors (Lipinski definition) is 3. The highest BCUT2D eigenvalue weighted by Gasteiger charge is 1.97. The van der Waals surface area contributed by atoms with Crippen LogP contribution in [0, 0.1) is 0 Å². The number of nitrogens with one attached hydrogen (secondary N) is 1. The molecule has 0 radical (unpaired) electrons. The lowest BCUT2D eigenvalue weighted by Gasteiger charge is -2.12. The van der Waals surface area contributed by atoms with Crippen molar-refractivity contribution in [1.82, 2.24) is 4.72 Å². The molecule has 0 spiro atoms. The summed E-state index contributed by atoms with van der Waals surface area (Å²) < 4.78 is 21.2. The SMILES string of the molecule is CN(N)c1ccc(CCCNS(=O)O)cc1. The van der Waals surface area contributed by atoms with Gasteiger partial charge in [0, 0.05) is 13.6 Å². The van der Waals surface area contributed by atoms with Crippen molar-refractivity contribution in [3.8, 4) is 0 Å². The van der Waals surface area contributed by atoms with Crippen molar-refractivity contribution >= 4 is 17.0 Å². The van der Waals surface area contributed by atoms with E-state index in [2.05, 4.69) is 4.72 Å². The summed E-state index contributed by atoms with van der Waals surface area (Å²) in [6.07, 6.45) is 1.70. The van der Waals surface area contributed by atoms with Crippen molar-refractivity contribution in [2.24, 2.45) is 5.84 Å². The molecule has 90 valence electrons. The molecule has 1 atom stereocenters. The molecule has 6 heteroatoms. The Labute approximate surface area is 98.0 Å². The summed E-state index contributed by atoms with van der Waals surface area (Å²) in [5, 5.41) is 1.56. The van der Waals surface area contributed by atoms with E-state index >= 15 is 0 Å². The molecule has 0 aliphatic rings. The van der Waals surface area contributed by atoms with Crippen molar-refractivity contribution in [2.45, 2.75) is 12.8 Å². The number of hydrazine groups is 1. The number of nitrogens with two attached hydrogens (primary N) is 1. The quantitative estimate of drug-likeness (QED) is 0.297. The first-order valence-corrected chi connectivity index (χ1v) is 6.12. The zero-order valence-corrected chi connectivity index (χ0v) is 10.0. The Morgan fingerprint density at radius 3 is 2.56 bits per heavy atom. The fraction of sp³-hybridized carbons (Fsp3) is 0.400. The van der Waals surface area contributed by atoms with Gasteiger partial charge in [-0.15, -0.1) is 0 Å². The lowest BCUT2D eigenvalue weighted by molar-refractivity contribution is 0.547. The summed E-state index contributed by atoms with van der Waals surface area (Å²) in [5.41, 5.74) is 2.15. The van der Waals surface area contributed by atoms with Gasteiger partial charge in [0.1, 0.15) is 0 Å². The van der Waals surface area contributed by atoms with Gasteiger partial charge in [-0.3, -0.25) is 4.55 Å². The Kier molecular flexibility index (Phi) is 5.41. The minimum absolute atomic E-state index is 0.529. The van der Waals surface area contributed by atoms with Crippen LogP contribution in [0.1, 0.15) is 12.0 Å². The Bertz CT molecular complexity index is 340. The Balaban J connectivity index is 2.35. The molecular weight excluding hydrogens is 226 g/mol. The molecule has 4 N–H and O–H groups in total. The minimum Gasteiger partial charge on any atom is -0.314 e. The van der Waals surface area contributed by atoms with Gasteiger partial charge in [0.2, 0.25) is 11.3 Å². The topological polar surface area (TPSA) is 78.6 Å². The maximum Gasteiger partial charge on any atom is 0.231 e. The third-order valence-corrected chi connectivity index (χ3v) is 2.66. The van der Waals surface area contributed by atoms with Gasteiger partial charge in [-0.2, -0.15) is 0 Å². The number of nitrogens with zero attached hydrogens (tertiary/aromatic N) is 1. The molecule has 0 amide bonds. The van der Waals surface area contributed by atoms with Gasteiger partial charge in [-0.05, 0) is 30.5 Å². The highest BCUT2D eigenvalue weighted by atomic mass is 32.2. The van der Waals surface area contributed by atoms with Gasteiger partial charge >= 0.3 is 0 Å². The lowest BCUT2D eigenvalue weighted by atomic mass is 10.1. The van der Waals surface area contributed by atoms with E-state index in [1.54, 1.807) is 12.1 Å². The van der Waals surface area contributed by atoms with Gasteiger partial charge < -0.3 is 5.01 Å². The summed E-state index contributed by atoms with van der Waals surface area (Å²) in [4.78, 5) is 0. The molecule has 0 aromatic heterocycles. The van der Waals surface area contributed by atoms with Crippen molar-refractivity contribution < 1.29 is 8.76 Å². The molecule has 0 aliphatic carbocycles. The molecule has 0 aliphatic heterocycles. The lowest BCUT2D eigenvalue weighted by Crippen LogP contribution is -2.24. The third kappa shape index (κ3) is 4.71. The number of benzene rings is 1. The van der Waals surface area contributed by atoms with Crippen molar-refractivity contribution in [2.75, 3.05) is 18.6 Å². The molecule has 1 unspecified atom stereocenters. The Hall–Kier alpha value is -0.950. The third-order valence-electron chi connectivity index (χ3n) is 2.21. The van der Waals surface area contributed by atoms with Crippen molar-refractivity contribution in [1.29, 1.82) is 0 Å². The minimum atomic E-state index is -1.91. The van der Waals surface area contributed by atoms with Crippen LogP contribution in [0.4, 0.5) is 5.69 Å². The molecule has 5 nitrogen and oxygen atoms in total.